The van der Waals surface area contributed by atoms with Crippen molar-refractivity contribution in [3.63, 3.8) is 0 Å². The second kappa shape index (κ2) is 5.33. The van der Waals surface area contributed by atoms with Gasteiger partial charge in [-0.15, -0.1) is 6.58 Å². The molecule has 0 aromatic carbocycles. The van der Waals surface area contributed by atoms with Gasteiger partial charge < -0.3 is 10.5 Å². The van der Waals surface area contributed by atoms with E-state index in [1.165, 1.54) is 0 Å². The smallest absolute Gasteiger partial charge is 0.0643 e. The molecule has 0 bridgehead atoms. The molecule has 0 heterocycles. The van der Waals surface area contributed by atoms with Gasteiger partial charge in [-0.1, -0.05) is 12.5 Å². The summed E-state index contributed by atoms with van der Waals surface area (Å²) in [5.41, 5.74) is 6.87. The molecule has 2 N–H and O–H groups in total. The number of nitrogens with two attached hydrogens (primary N) is 1. The van der Waals surface area contributed by atoms with Crippen molar-refractivity contribution >= 4 is 0 Å². The summed E-state index contributed by atoms with van der Waals surface area (Å²) in [5, 5.41) is 0. The third-order valence-corrected chi connectivity index (χ3v) is 1.91. The van der Waals surface area contributed by atoms with Gasteiger partial charge in [-0.3, -0.25) is 0 Å². The molecule has 0 amide bonds. The van der Waals surface area contributed by atoms with Crippen molar-refractivity contribution in [2.45, 2.75) is 39.2 Å². The van der Waals surface area contributed by atoms with Gasteiger partial charge in [0.25, 0.3) is 0 Å². The standard InChI is InChI=1S/C10H21NO/c1-5-10(4,11)8-12-7-6-9(2)3/h2,5-8,11H2,1,3-4H3. The summed E-state index contributed by atoms with van der Waals surface area (Å²) in [7, 11) is 0. The molecule has 2 nitrogen and oxygen atoms in total. The molecule has 0 aliphatic carbocycles. The average molecular weight is 171 g/mol. The van der Waals surface area contributed by atoms with Gasteiger partial charge >= 0.3 is 0 Å². The van der Waals surface area contributed by atoms with E-state index in [0.29, 0.717) is 6.61 Å². The Bertz CT molecular complexity index is 141. The molecule has 0 fully saturated rings. The van der Waals surface area contributed by atoms with Crippen molar-refractivity contribution < 1.29 is 4.74 Å². The third-order valence-electron chi connectivity index (χ3n) is 1.91. The number of hydrogen-bond donors (Lipinski definition) is 1. The molecule has 0 rings (SSSR count). The van der Waals surface area contributed by atoms with Crippen molar-refractivity contribution in [3.8, 4) is 0 Å². The van der Waals surface area contributed by atoms with Crippen molar-refractivity contribution in [1.82, 2.24) is 0 Å². The van der Waals surface area contributed by atoms with Gasteiger partial charge in [0.2, 0.25) is 0 Å². The quantitative estimate of drug-likeness (QED) is 0.490. The fourth-order valence-electron chi connectivity index (χ4n) is 0.654. The largest absolute Gasteiger partial charge is 0.379 e. The highest BCUT2D eigenvalue weighted by atomic mass is 16.5. The van der Waals surface area contributed by atoms with Crippen molar-refractivity contribution in [2.24, 2.45) is 5.73 Å². The Morgan fingerprint density at radius 2 is 2.17 bits per heavy atom. The van der Waals surface area contributed by atoms with Crippen LogP contribution in [0.15, 0.2) is 12.2 Å². The maximum Gasteiger partial charge on any atom is 0.0643 e. The highest BCUT2D eigenvalue weighted by molar-refractivity contribution is 4.87. The lowest BCUT2D eigenvalue weighted by molar-refractivity contribution is 0.0918. The van der Waals surface area contributed by atoms with Gasteiger partial charge in [-0.05, 0) is 26.7 Å². The summed E-state index contributed by atoms with van der Waals surface area (Å²) in [5.74, 6) is 0. The molecule has 2 heteroatoms. The Labute approximate surface area is 75.8 Å². The van der Waals surface area contributed by atoms with E-state index < -0.39 is 0 Å². The van der Waals surface area contributed by atoms with E-state index >= 15 is 0 Å². The van der Waals surface area contributed by atoms with Gasteiger partial charge in [0, 0.05) is 5.54 Å². The lowest BCUT2D eigenvalue weighted by Gasteiger charge is -2.22. The van der Waals surface area contributed by atoms with Crippen LogP contribution in [0.5, 0.6) is 0 Å². The van der Waals surface area contributed by atoms with Gasteiger partial charge in [-0.25, -0.2) is 0 Å². The van der Waals surface area contributed by atoms with Crippen molar-refractivity contribution in [1.29, 1.82) is 0 Å². The van der Waals surface area contributed by atoms with Gasteiger partial charge in [-0.2, -0.15) is 0 Å². The summed E-state index contributed by atoms with van der Waals surface area (Å²) >= 11 is 0. The first-order chi connectivity index (χ1) is 5.48. The zero-order valence-corrected chi connectivity index (χ0v) is 8.52. The summed E-state index contributed by atoms with van der Waals surface area (Å²) in [4.78, 5) is 0. The topological polar surface area (TPSA) is 35.2 Å². The molecule has 0 saturated heterocycles. The SMILES string of the molecule is C=C(C)CCOCC(C)(N)CC. The molecule has 12 heavy (non-hydrogen) atoms. The lowest BCUT2D eigenvalue weighted by Crippen LogP contribution is -2.40. The predicted octanol–water partition coefficient (Wildman–Crippen LogP) is 2.10. The van der Waals surface area contributed by atoms with Crippen LogP contribution < -0.4 is 5.73 Å². The molecule has 0 saturated carbocycles. The van der Waals surface area contributed by atoms with Gasteiger partial charge in [0.1, 0.15) is 0 Å². The maximum atomic E-state index is 5.89. The Hall–Kier alpha value is -0.340. The van der Waals surface area contributed by atoms with E-state index in [4.69, 9.17) is 10.5 Å². The highest BCUT2D eigenvalue weighted by Crippen LogP contribution is 2.05. The van der Waals surface area contributed by atoms with E-state index in [2.05, 4.69) is 13.5 Å². The first-order valence-electron chi connectivity index (χ1n) is 4.49. The molecule has 0 aromatic heterocycles. The zero-order chi connectivity index (χ0) is 9.61. The second-order valence-electron chi connectivity index (χ2n) is 3.77. The van der Waals surface area contributed by atoms with E-state index in [0.717, 1.165) is 25.0 Å². The van der Waals surface area contributed by atoms with Crippen LogP contribution in [0.1, 0.15) is 33.6 Å². The van der Waals surface area contributed by atoms with Crippen LogP contribution in [0, 0.1) is 0 Å². The van der Waals surface area contributed by atoms with Crippen LogP contribution >= 0.6 is 0 Å². The Morgan fingerprint density at radius 3 is 2.58 bits per heavy atom. The van der Waals surface area contributed by atoms with E-state index in [-0.39, 0.29) is 5.54 Å². The first kappa shape index (κ1) is 11.7. The number of ether oxygens (including phenoxy) is 1. The normalized spacial score (nSPS) is 15.7. The minimum absolute atomic E-state index is 0.172. The van der Waals surface area contributed by atoms with Crippen LogP contribution in [0.25, 0.3) is 0 Å². The summed E-state index contributed by atoms with van der Waals surface area (Å²) in [6, 6.07) is 0. The van der Waals surface area contributed by atoms with E-state index in [9.17, 15) is 0 Å². The molecule has 1 unspecified atom stereocenters. The maximum absolute atomic E-state index is 5.89. The molecule has 72 valence electrons. The summed E-state index contributed by atoms with van der Waals surface area (Å²) < 4.78 is 5.41. The minimum atomic E-state index is -0.172. The van der Waals surface area contributed by atoms with E-state index in [1.54, 1.807) is 0 Å². The fourth-order valence-corrected chi connectivity index (χ4v) is 0.654. The molecule has 0 spiro atoms. The Morgan fingerprint density at radius 1 is 1.58 bits per heavy atom. The molecule has 1 atom stereocenters. The number of rotatable bonds is 6. The van der Waals surface area contributed by atoms with Crippen LogP contribution in [-0.2, 0) is 4.74 Å². The summed E-state index contributed by atoms with van der Waals surface area (Å²) in [6.45, 7) is 11.3. The predicted molar refractivity (Wildman–Crippen MR) is 53.1 cm³/mol. The summed E-state index contributed by atoms with van der Waals surface area (Å²) in [6.07, 6.45) is 1.87. The van der Waals surface area contributed by atoms with Crippen LogP contribution in [-0.4, -0.2) is 18.8 Å². The molecule has 0 aromatic rings. The average Bonchev–Trinajstić information content (AvgIpc) is 1.98. The molecular weight excluding hydrogens is 150 g/mol. The van der Waals surface area contributed by atoms with Crippen LogP contribution in [0.4, 0.5) is 0 Å². The molecule has 0 aliphatic heterocycles. The monoisotopic (exact) mass is 171 g/mol. The van der Waals surface area contributed by atoms with Gasteiger partial charge in [0.05, 0.1) is 13.2 Å². The first-order valence-corrected chi connectivity index (χ1v) is 4.49. The molecular formula is C10H21NO. The highest BCUT2D eigenvalue weighted by Gasteiger charge is 2.14. The lowest BCUT2D eigenvalue weighted by atomic mass is 10.0. The van der Waals surface area contributed by atoms with Crippen molar-refractivity contribution in [2.75, 3.05) is 13.2 Å². The Kier molecular flexibility index (Phi) is 5.18. The fraction of sp³-hybridized carbons (Fsp3) is 0.800. The second-order valence-corrected chi connectivity index (χ2v) is 3.77. The van der Waals surface area contributed by atoms with Crippen molar-refractivity contribution in [3.05, 3.63) is 12.2 Å². The number of hydrogen-bond acceptors (Lipinski definition) is 2. The van der Waals surface area contributed by atoms with Gasteiger partial charge in [0.15, 0.2) is 0 Å². The van der Waals surface area contributed by atoms with Crippen LogP contribution in [0.2, 0.25) is 0 Å². The molecule has 0 radical (unpaired) electrons. The minimum Gasteiger partial charge on any atom is -0.379 e. The zero-order valence-electron chi connectivity index (χ0n) is 8.52. The van der Waals surface area contributed by atoms with E-state index in [1.807, 2.05) is 13.8 Å². The van der Waals surface area contributed by atoms with Crippen LogP contribution in [0.3, 0.4) is 0 Å². The molecule has 0 aliphatic rings. The third kappa shape index (κ3) is 6.38. The Balaban J connectivity index is 3.37.